The van der Waals surface area contributed by atoms with Crippen molar-refractivity contribution in [1.82, 2.24) is 0 Å². The average molecular weight is 518 g/mol. The first-order valence-corrected chi connectivity index (χ1v) is 18.3. The van der Waals surface area contributed by atoms with Gasteiger partial charge in [0.25, 0.3) is 0 Å². The number of rotatable bonds is 2. The van der Waals surface area contributed by atoms with Crippen LogP contribution in [0.1, 0.15) is 25.7 Å². The van der Waals surface area contributed by atoms with E-state index in [1.165, 1.54) is 20.2 Å². The van der Waals surface area contributed by atoms with E-state index >= 15 is 0 Å². The zero-order chi connectivity index (χ0) is 13.9. The van der Waals surface area contributed by atoms with Gasteiger partial charge in [0, 0.05) is 0 Å². The second-order valence-corrected chi connectivity index (χ2v) is 25.9. The van der Waals surface area contributed by atoms with Gasteiger partial charge >= 0.3 is 134 Å². The molecule has 1 aliphatic heterocycles. The van der Waals surface area contributed by atoms with E-state index in [0.717, 1.165) is 23.7 Å². The van der Waals surface area contributed by atoms with Gasteiger partial charge in [-0.3, -0.25) is 0 Å². The molecule has 0 N–H and O–H groups in total. The summed E-state index contributed by atoms with van der Waals surface area (Å²) >= 11 is -1.99. The molecular weight excluding hydrogens is 490 g/mol. The molecule has 1 saturated heterocycles. The van der Waals surface area contributed by atoms with Crippen LogP contribution in [0.3, 0.4) is 0 Å². The monoisotopic (exact) mass is 518 g/mol. The molecule has 0 aromatic carbocycles. The largest absolute Gasteiger partial charge is 0.147 e. The maximum atomic E-state index is 2.60. The molecule has 5 rings (SSSR count). The van der Waals surface area contributed by atoms with Crippen LogP contribution in [0.15, 0.2) is 48.6 Å². The van der Waals surface area contributed by atoms with Gasteiger partial charge in [0.2, 0.25) is 0 Å². The summed E-state index contributed by atoms with van der Waals surface area (Å²) in [5, 5.41) is 0. The molecule has 0 nitrogen and oxygen atoms in total. The normalized spacial score (nSPS) is 44.2. The SMILES string of the molecule is C1=CC2CC[CH]([Hf]3([CH]4CCC5C=CC=CC54)[CH2][CH2]3)C2C=C1.Cl.Cl. The molecular formula is C20H28Cl2Hf. The first-order valence-electron chi connectivity index (χ1n) is 9.08. The Morgan fingerprint density at radius 2 is 1.00 bits per heavy atom. The van der Waals surface area contributed by atoms with Gasteiger partial charge in [-0.1, -0.05) is 0 Å². The molecule has 0 spiro atoms. The van der Waals surface area contributed by atoms with Crippen molar-refractivity contribution in [2.45, 2.75) is 41.4 Å². The van der Waals surface area contributed by atoms with Gasteiger partial charge in [-0.05, 0) is 0 Å². The zero-order valence-electron chi connectivity index (χ0n) is 13.6. The van der Waals surface area contributed by atoms with E-state index in [0.29, 0.717) is 0 Å². The summed E-state index contributed by atoms with van der Waals surface area (Å²) < 4.78 is 5.88. The molecule has 0 bridgehead atoms. The maximum Gasteiger partial charge on any atom is -0.147 e. The Kier molecular flexibility index (Phi) is 5.51. The minimum atomic E-state index is -1.99. The number of hydrogen-bond acceptors (Lipinski definition) is 0. The quantitative estimate of drug-likeness (QED) is 0.357. The number of allylic oxidation sites excluding steroid dienone is 8. The van der Waals surface area contributed by atoms with Crippen molar-refractivity contribution in [3.63, 3.8) is 0 Å². The molecule has 0 amide bonds. The zero-order valence-corrected chi connectivity index (χ0v) is 18.9. The summed E-state index contributed by atoms with van der Waals surface area (Å²) in [6.07, 6.45) is 25.7. The molecule has 1 heterocycles. The number of hydrogen-bond donors (Lipinski definition) is 0. The van der Waals surface area contributed by atoms with Crippen molar-refractivity contribution in [2.24, 2.45) is 23.7 Å². The third kappa shape index (κ3) is 2.83. The van der Waals surface area contributed by atoms with Crippen LogP contribution in [0.25, 0.3) is 0 Å². The predicted molar refractivity (Wildman–Crippen MR) is 101 cm³/mol. The van der Waals surface area contributed by atoms with Crippen LogP contribution in [0.5, 0.6) is 0 Å². The van der Waals surface area contributed by atoms with E-state index in [9.17, 15) is 0 Å². The predicted octanol–water partition coefficient (Wildman–Crippen LogP) is 6.72. The van der Waals surface area contributed by atoms with Crippen molar-refractivity contribution >= 4 is 24.8 Å². The minimum Gasteiger partial charge on any atom is -0.147 e. The van der Waals surface area contributed by atoms with Gasteiger partial charge < -0.3 is 0 Å². The van der Waals surface area contributed by atoms with E-state index in [1.54, 1.807) is 21.2 Å². The van der Waals surface area contributed by atoms with Crippen molar-refractivity contribution in [3.05, 3.63) is 48.6 Å². The van der Waals surface area contributed by atoms with E-state index in [1.807, 2.05) is 0 Å². The second-order valence-electron chi connectivity index (χ2n) is 8.12. The average Bonchev–Trinajstić information content (AvgIpc) is 3.03. The van der Waals surface area contributed by atoms with E-state index in [-0.39, 0.29) is 24.8 Å². The van der Waals surface area contributed by atoms with E-state index in [4.69, 9.17) is 0 Å². The first-order chi connectivity index (χ1) is 10.4. The maximum absolute atomic E-state index is 2.60. The molecule has 0 aromatic heterocycles. The summed E-state index contributed by atoms with van der Waals surface area (Å²) in [5.74, 6) is 3.75. The van der Waals surface area contributed by atoms with Crippen LogP contribution in [-0.4, -0.2) is 0 Å². The van der Waals surface area contributed by atoms with Gasteiger partial charge in [-0.25, -0.2) is 0 Å². The molecule has 0 aromatic rings. The molecule has 4 aliphatic carbocycles. The van der Waals surface area contributed by atoms with Crippen LogP contribution in [0, 0.1) is 23.7 Å². The summed E-state index contributed by atoms with van der Waals surface area (Å²) in [5.41, 5.74) is 0. The van der Waals surface area contributed by atoms with Gasteiger partial charge in [0.05, 0.1) is 0 Å². The third-order valence-corrected chi connectivity index (χ3v) is 28.8. The minimum absolute atomic E-state index is 0. The van der Waals surface area contributed by atoms with Gasteiger partial charge in [-0.2, -0.15) is 0 Å². The summed E-state index contributed by atoms with van der Waals surface area (Å²) in [7, 11) is 0. The van der Waals surface area contributed by atoms with Gasteiger partial charge in [-0.15, -0.1) is 24.8 Å². The molecule has 3 fully saturated rings. The fraction of sp³-hybridized carbons (Fsp3) is 0.600. The van der Waals surface area contributed by atoms with E-state index in [2.05, 4.69) is 48.6 Å². The molecule has 23 heavy (non-hydrogen) atoms. The Balaban J connectivity index is 0.000000781. The van der Waals surface area contributed by atoms with Crippen LogP contribution < -0.4 is 0 Å². The van der Waals surface area contributed by atoms with Crippen LogP contribution >= 0.6 is 24.8 Å². The molecule has 6 unspecified atom stereocenters. The topological polar surface area (TPSA) is 0 Å². The van der Waals surface area contributed by atoms with Crippen molar-refractivity contribution < 1.29 is 20.0 Å². The van der Waals surface area contributed by atoms with Crippen LogP contribution in [-0.2, 0) is 20.0 Å². The molecule has 2 saturated carbocycles. The molecule has 3 heteroatoms. The Labute approximate surface area is 157 Å². The Morgan fingerprint density at radius 1 is 0.565 bits per heavy atom. The van der Waals surface area contributed by atoms with Crippen LogP contribution in [0.4, 0.5) is 0 Å². The molecule has 0 radical (unpaired) electrons. The fourth-order valence-electron chi connectivity index (χ4n) is 6.41. The Hall–Kier alpha value is 0.410. The smallest absolute Gasteiger partial charge is 0.147 e. The molecule has 6 atom stereocenters. The standard InChI is InChI=1S/2C9H11.C2H4.2ClH.Hf/c2*1-2-5-9-7-3-6-8(9)4-1;1-2;;;/h2*1-2,4-6,8-9H,3,7H2;1-2H2;2*1H;. The second kappa shape index (κ2) is 6.96. The third-order valence-electron chi connectivity index (χ3n) is 7.45. The summed E-state index contributed by atoms with van der Waals surface area (Å²) in [6, 6.07) is 0. The van der Waals surface area contributed by atoms with Crippen molar-refractivity contribution in [2.75, 3.05) is 0 Å². The molecule has 126 valence electrons. The number of halogens is 2. The number of fused-ring (bicyclic) bond motifs is 2. The van der Waals surface area contributed by atoms with Crippen molar-refractivity contribution in [3.8, 4) is 0 Å². The van der Waals surface area contributed by atoms with E-state index < -0.39 is 20.0 Å². The van der Waals surface area contributed by atoms with Crippen LogP contribution in [0.2, 0.25) is 15.7 Å². The van der Waals surface area contributed by atoms with Gasteiger partial charge in [0.15, 0.2) is 0 Å². The summed E-state index contributed by atoms with van der Waals surface area (Å²) in [6.45, 7) is 0. The van der Waals surface area contributed by atoms with Gasteiger partial charge in [0.1, 0.15) is 0 Å². The Morgan fingerprint density at radius 3 is 1.43 bits per heavy atom. The summed E-state index contributed by atoms with van der Waals surface area (Å²) in [4.78, 5) is 0. The Bertz CT molecular complexity index is 512. The fourth-order valence-corrected chi connectivity index (χ4v) is 36.7. The molecule has 5 aliphatic rings. The first kappa shape index (κ1) is 18.2. The van der Waals surface area contributed by atoms with Crippen molar-refractivity contribution in [1.29, 1.82) is 0 Å².